The molecule has 0 aromatic rings. The molecule has 0 bridgehead atoms. The highest BCUT2D eigenvalue weighted by Crippen LogP contribution is 2.19. The summed E-state index contributed by atoms with van der Waals surface area (Å²) in [6.45, 7) is 1.93. The zero-order chi connectivity index (χ0) is 10.6. The molecular formula is C11H15NO2. The van der Waals surface area contributed by atoms with Gasteiger partial charge in [-0.1, -0.05) is 13.0 Å². The minimum atomic E-state index is 0.0679. The number of nitrogens with zero attached hydrogens (tertiary/aromatic N) is 1. The lowest BCUT2D eigenvalue weighted by Gasteiger charge is -2.19. The van der Waals surface area contributed by atoms with Gasteiger partial charge in [0.05, 0.1) is 0 Å². The fourth-order valence-electron chi connectivity index (χ4n) is 1.52. The molecule has 0 unspecified atom stereocenters. The lowest BCUT2D eigenvalue weighted by molar-refractivity contribution is -0.131. The average molecular weight is 193 g/mol. The molecule has 0 N–H and O–H groups in total. The molecule has 3 heteroatoms. The van der Waals surface area contributed by atoms with Crippen molar-refractivity contribution in [3.05, 3.63) is 23.9 Å². The van der Waals surface area contributed by atoms with Crippen LogP contribution in [0.4, 0.5) is 0 Å². The minimum absolute atomic E-state index is 0.0679. The zero-order valence-electron chi connectivity index (χ0n) is 8.56. The maximum Gasteiger partial charge on any atom is 0.229 e. The summed E-state index contributed by atoms with van der Waals surface area (Å²) >= 11 is 0. The van der Waals surface area contributed by atoms with Crippen LogP contribution < -0.4 is 0 Å². The van der Waals surface area contributed by atoms with Gasteiger partial charge < -0.3 is 4.90 Å². The summed E-state index contributed by atoms with van der Waals surface area (Å²) in [4.78, 5) is 23.5. The number of hydrogen-bond donors (Lipinski definition) is 0. The lowest BCUT2D eigenvalue weighted by atomic mass is 10.1. The molecule has 0 aromatic carbocycles. The molecule has 14 heavy (non-hydrogen) atoms. The molecule has 1 amide bonds. The Hall–Kier alpha value is -1.38. The van der Waals surface area contributed by atoms with E-state index in [4.69, 9.17) is 0 Å². The lowest BCUT2D eigenvalue weighted by Crippen LogP contribution is -2.28. The number of carbonyl (C=O) groups excluding carboxylic acids is 2. The zero-order valence-corrected chi connectivity index (χ0v) is 8.56. The van der Waals surface area contributed by atoms with Crippen LogP contribution in [-0.2, 0) is 9.59 Å². The highest BCUT2D eigenvalue weighted by Gasteiger charge is 2.21. The van der Waals surface area contributed by atoms with E-state index < -0.39 is 0 Å². The molecular weight excluding hydrogens is 178 g/mol. The smallest absolute Gasteiger partial charge is 0.229 e. The Morgan fingerprint density at radius 2 is 2.29 bits per heavy atom. The largest absolute Gasteiger partial charge is 0.316 e. The number of rotatable bonds is 2. The van der Waals surface area contributed by atoms with Crippen LogP contribution in [0, 0.1) is 5.92 Å². The second-order valence-corrected chi connectivity index (χ2v) is 3.50. The summed E-state index contributed by atoms with van der Waals surface area (Å²) in [5, 5.41) is 0. The van der Waals surface area contributed by atoms with E-state index in [1.165, 1.54) is 6.08 Å². The number of allylic oxidation sites excluding steroid dienone is 3. The maximum absolute atomic E-state index is 11.7. The predicted octanol–water partition coefficient (Wildman–Crippen LogP) is 1.51. The molecule has 0 aliphatic carbocycles. The Balaban J connectivity index is 2.84. The van der Waals surface area contributed by atoms with E-state index in [1.54, 1.807) is 18.0 Å². The SMILES string of the molecule is C[C@@H]1CCC=C(/C=C\C=O)N(C)C1=O. The molecule has 1 aliphatic rings. The van der Waals surface area contributed by atoms with Crippen molar-refractivity contribution in [2.24, 2.45) is 5.92 Å². The van der Waals surface area contributed by atoms with Crippen LogP contribution in [0.25, 0.3) is 0 Å². The van der Waals surface area contributed by atoms with Gasteiger partial charge in [0.1, 0.15) is 6.29 Å². The van der Waals surface area contributed by atoms with E-state index in [0.717, 1.165) is 18.5 Å². The van der Waals surface area contributed by atoms with E-state index in [9.17, 15) is 9.59 Å². The molecule has 1 rings (SSSR count). The van der Waals surface area contributed by atoms with Crippen LogP contribution in [-0.4, -0.2) is 24.1 Å². The van der Waals surface area contributed by atoms with Gasteiger partial charge in [0.2, 0.25) is 5.91 Å². The monoisotopic (exact) mass is 193 g/mol. The summed E-state index contributed by atoms with van der Waals surface area (Å²) < 4.78 is 0. The van der Waals surface area contributed by atoms with Gasteiger partial charge in [0, 0.05) is 18.7 Å². The van der Waals surface area contributed by atoms with Crippen LogP contribution in [0.5, 0.6) is 0 Å². The standard InChI is InChI=1S/C11H15NO2/c1-9-5-3-6-10(7-4-8-13)12(2)11(9)14/h4,6-9H,3,5H2,1-2H3/b7-4-/t9-/m1/s1. The van der Waals surface area contributed by atoms with Gasteiger partial charge in [0.25, 0.3) is 0 Å². The summed E-state index contributed by atoms with van der Waals surface area (Å²) in [6, 6.07) is 0. The van der Waals surface area contributed by atoms with Gasteiger partial charge in [-0.15, -0.1) is 0 Å². The normalized spacial score (nSPS) is 23.6. The second-order valence-electron chi connectivity index (χ2n) is 3.50. The van der Waals surface area contributed by atoms with Crippen LogP contribution in [0.3, 0.4) is 0 Å². The van der Waals surface area contributed by atoms with Crippen molar-refractivity contribution in [3.63, 3.8) is 0 Å². The Morgan fingerprint density at radius 3 is 2.93 bits per heavy atom. The van der Waals surface area contributed by atoms with Crippen LogP contribution in [0.1, 0.15) is 19.8 Å². The van der Waals surface area contributed by atoms with Gasteiger partial charge >= 0.3 is 0 Å². The van der Waals surface area contributed by atoms with Crippen LogP contribution >= 0.6 is 0 Å². The van der Waals surface area contributed by atoms with Gasteiger partial charge in [0.15, 0.2) is 0 Å². The van der Waals surface area contributed by atoms with Crippen molar-refractivity contribution in [2.45, 2.75) is 19.8 Å². The molecule has 1 atom stereocenters. The molecule has 3 nitrogen and oxygen atoms in total. The molecule has 0 spiro atoms. The first-order valence-electron chi connectivity index (χ1n) is 4.76. The first kappa shape index (κ1) is 10.7. The summed E-state index contributed by atoms with van der Waals surface area (Å²) in [5.41, 5.74) is 0.812. The highest BCUT2D eigenvalue weighted by molar-refractivity contribution is 5.81. The maximum atomic E-state index is 11.7. The Bertz CT molecular complexity index is 292. The quantitative estimate of drug-likeness (QED) is 0.492. The number of carbonyl (C=O) groups is 2. The molecule has 0 fully saturated rings. The molecule has 76 valence electrons. The fraction of sp³-hybridized carbons (Fsp3) is 0.455. The first-order chi connectivity index (χ1) is 6.66. The summed E-state index contributed by atoms with van der Waals surface area (Å²) in [7, 11) is 1.74. The minimum Gasteiger partial charge on any atom is -0.316 e. The van der Waals surface area contributed by atoms with Crippen LogP contribution in [0.15, 0.2) is 23.9 Å². The molecule has 0 aromatic heterocycles. The number of hydrogen-bond acceptors (Lipinski definition) is 2. The molecule has 1 aliphatic heterocycles. The first-order valence-corrected chi connectivity index (χ1v) is 4.76. The fourth-order valence-corrected chi connectivity index (χ4v) is 1.52. The third-order valence-corrected chi connectivity index (χ3v) is 2.44. The molecule has 0 saturated heterocycles. The van der Waals surface area contributed by atoms with Gasteiger partial charge in [-0.05, 0) is 25.0 Å². The summed E-state index contributed by atoms with van der Waals surface area (Å²) in [5.74, 6) is 0.183. The third-order valence-electron chi connectivity index (χ3n) is 2.44. The van der Waals surface area contributed by atoms with Crippen molar-refractivity contribution in [2.75, 3.05) is 7.05 Å². The number of likely N-dealkylation sites (N-methyl/N-ethyl adjacent to an activating group) is 1. The van der Waals surface area contributed by atoms with E-state index in [1.807, 2.05) is 13.0 Å². The predicted molar refractivity (Wildman–Crippen MR) is 54.5 cm³/mol. The van der Waals surface area contributed by atoms with E-state index >= 15 is 0 Å². The van der Waals surface area contributed by atoms with E-state index in [-0.39, 0.29) is 11.8 Å². The Morgan fingerprint density at radius 1 is 1.57 bits per heavy atom. The third kappa shape index (κ3) is 2.31. The topological polar surface area (TPSA) is 37.4 Å². The van der Waals surface area contributed by atoms with Crippen molar-refractivity contribution in [1.29, 1.82) is 0 Å². The van der Waals surface area contributed by atoms with Gasteiger partial charge in [-0.25, -0.2) is 0 Å². The van der Waals surface area contributed by atoms with E-state index in [2.05, 4.69) is 0 Å². The molecule has 1 heterocycles. The highest BCUT2D eigenvalue weighted by atomic mass is 16.2. The number of aldehydes is 1. The van der Waals surface area contributed by atoms with Gasteiger partial charge in [-0.2, -0.15) is 0 Å². The Labute approximate surface area is 84.1 Å². The second kappa shape index (κ2) is 4.74. The van der Waals surface area contributed by atoms with Gasteiger partial charge in [-0.3, -0.25) is 9.59 Å². The van der Waals surface area contributed by atoms with Crippen molar-refractivity contribution in [1.82, 2.24) is 4.90 Å². The molecule has 0 radical (unpaired) electrons. The van der Waals surface area contributed by atoms with E-state index in [0.29, 0.717) is 6.29 Å². The van der Waals surface area contributed by atoms with Crippen molar-refractivity contribution < 1.29 is 9.59 Å². The average Bonchev–Trinajstić information content (AvgIpc) is 2.30. The number of amides is 1. The van der Waals surface area contributed by atoms with Crippen LogP contribution in [0.2, 0.25) is 0 Å². The summed E-state index contributed by atoms with van der Waals surface area (Å²) in [6.07, 6.45) is 7.54. The Kier molecular flexibility index (Phi) is 3.63. The molecule has 0 saturated carbocycles. The van der Waals surface area contributed by atoms with Crippen molar-refractivity contribution in [3.8, 4) is 0 Å². The van der Waals surface area contributed by atoms with Crippen molar-refractivity contribution >= 4 is 12.2 Å².